The van der Waals surface area contributed by atoms with Crippen LogP contribution in [0.4, 0.5) is 8.78 Å². The third-order valence-electron chi connectivity index (χ3n) is 3.76. The standard InChI is InChI=1S/C17H24F2N2O4/c1-10(2)7-21-8-15(22)20-17(21)11-5-12(23-3)16(13(6-11)24-4)25-9-14(18)19/h5-6,10,14,17H,7-9H2,1-4H3,(H,20,22). The Morgan fingerprint density at radius 2 is 1.84 bits per heavy atom. The Balaban J connectivity index is 2.36. The first kappa shape index (κ1) is 19.2. The molecule has 1 fully saturated rings. The molecule has 2 rings (SSSR count). The molecule has 1 aliphatic rings. The summed E-state index contributed by atoms with van der Waals surface area (Å²) in [5.74, 6) is 0.990. The monoisotopic (exact) mass is 358 g/mol. The van der Waals surface area contributed by atoms with E-state index in [0.717, 1.165) is 12.1 Å². The number of nitrogens with one attached hydrogen (secondary N) is 1. The minimum Gasteiger partial charge on any atom is -0.493 e. The summed E-state index contributed by atoms with van der Waals surface area (Å²) >= 11 is 0. The molecule has 0 saturated carbocycles. The first-order chi connectivity index (χ1) is 11.8. The van der Waals surface area contributed by atoms with Crippen molar-refractivity contribution in [3.05, 3.63) is 17.7 Å². The molecule has 1 aliphatic heterocycles. The molecule has 8 heteroatoms. The molecule has 1 N–H and O–H groups in total. The van der Waals surface area contributed by atoms with Crippen molar-refractivity contribution >= 4 is 5.91 Å². The maximum absolute atomic E-state index is 12.5. The average molecular weight is 358 g/mol. The van der Waals surface area contributed by atoms with Crippen molar-refractivity contribution in [3.63, 3.8) is 0 Å². The molecule has 1 amide bonds. The highest BCUT2D eigenvalue weighted by Gasteiger charge is 2.32. The maximum atomic E-state index is 12.5. The largest absolute Gasteiger partial charge is 0.493 e. The molecule has 0 radical (unpaired) electrons. The van der Waals surface area contributed by atoms with Gasteiger partial charge in [-0.3, -0.25) is 9.69 Å². The number of carbonyl (C=O) groups excluding carboxylic acids is 1. The van der Waals surface area contributed by atoms with Gasteiger partial charge in [0.15, 0.2) is 11.5 Å². The van der Waals surface area contributed by atoms with Crippen LogP contribution < -0.4 is 19.5 Å². The van der Waals surface area contributed by atoms with Crippen molar-refractivity contribution in [2.45, 2.75) is 26.4 Å². The molecule has 1 heterocycles. The second-order valence-electron chi connectivity index (χ2n) is 6.25. The number of alkyl halides is 2. The smallest absolute Gasteiger partial charge is 0.272 e. The number of carbonyl (C=O) groups is 1. The van der Waals surface area contributed by atoms with Crippen LogP contribution >= 0.6 is 0 Å². The predicted octanol–water partition coefficient (Wildman–Crippen LogP) is 2.43. The highest BCUT2D eigenvalue weighted by molar-refractivity contribution is 5.80. The summed E-state index contributed by atoms with van der Waals surface area (Å²) in [6.45, 7) is 4.42. The summed E-state index contributed by atoms with van der Waals surface area (Å²) in [7, 11) is 2.85. The van der Waals surface area contributed by atoms with Crippen LogP contribution in [0.25, 0.3) is 0 Å². The molecular weight excluding hydrogens is 334 g/mol. The van der Waals surface area contributed by atoms with Crippen LogP contribution in [0.1, 0.15) is 25.6 Å². The minimum absolute atomic E-state index is 0.0680. The van der Waals surface area contributed by atoms with Gasteiger partial charge in [0.05, 0.1) is 20.8 Å². The molecule has 140 valence electrons. The third-order valence-corrected chi connectivity index (χ3v) is 3.76. The van der Waals surface area contributed by atoms with Gasteiger partial charge in [0.2, 0.25) is 11.7 Å². The zero-order valence-corrected chi connectivity index (χ0v) is 14.8. The Morgan fingerprint density at radius 3 is 2.32 bits per heavy atom. The fourth-order valence-corrected chi connectivity index (χ4v) is 2.84. The van der Waals surface area contributed by atoms with Gasteiger partial charge in [-0.1, -0.05) is 13.8 Å². The van der Waals surface area contributed by atoms with Crippen LogP contribution in [-0.2, 0) is 4.79 Å². The molecule has 1 aromatic carbocycles. The van der Waals surface area contributed by atoms with E-state index < -0.39 is 13.0 Å². The lowest BCUT2D eigenvalue weighted by Gasteiger charge is -2.26. The summed E-state index contributed by atoms with van der Waals surface area (Å²) < 4.78 is 40.6. The van der Waals surface area contributed by atoms with E-state index in [4.69, 9.17) is 14.2 Å². The number of amides is 1. The summed E-state index contributed by atoms with van der Waals surface area (Å²) in [5.41, 5.74) is 0.740. The highest BCUT2D eigenvalue weighted by Crippen LogP contribution is 2.41. The summed E-state index contributed by atoms with van der Waals surface area (Å²) in [5, 5.41) is 2.91. The van der Waals surface area contributed by atoms with Gasteiger partial charge in [-0.2, -0.15) is 0 Å². The number of hydrogen-bond acceptors (Lipinski definition) is 5. The van der Waals surface area contributed by atoms with Gasteiger partial charge >= 0.3 is 0 Å². The summed E-state index contributed by atoms with van der Waals surface area (Å²) in [4.78, 5) is 13.9. The van der Waals surface area contributed by atoms with Crippen molar-refractivity contribution in [3.8, 4) is 17.2 Å². The van der Waals surface area contributed by atoms with E-state index in [9.17, 15) is 13.6 Å². The van der Waals surface area contributed by atoms with Gasteiger partial charge < -0.3 is 19.5 Å². The van der Waals surface area contributed by atoms with Crippen LogP contribution in [0.2, 0.25) is 0 Å². The van der Waals surface area contributed by atoms with E-state index in [1.165, 1.54) is 14.2 Å². The van der Waals surface area contributed by atoms with Crippen LogP contribution in [0, 0.1) is 5.92 Å². The molecule has 0 aromatic heterocycles. The van der Waals surface area contributed by atoms with Crippen molar-refractivity contribution in [2.24, 2.45) is 5.92 Å². The first-order valence-corrected chi connectivity index (χ1v) is 8.06. The van der Waals surface area contributed by atoms with Gasteiger partial charge in [0.25, 0.3) is 6.43 Å². The second-order valence-corrected chi connectivity index (χ2v) is 6.25. The number of ether oxygens (including phenoxy) is 3. The van der Waals surface area contributed by atoms with Gasteiger partial charge in [0.1, 0.15) is 12.8 Å². The van der Waals surface area contributed by atoms with E-state index in [-0.39, 0.29) is 29.3 Å². The summed E-state index contributed by atoms with van der Waals surface area (Å²) in [6, 6.07) is 3.35. The topological polar surface area (TPSA) is 60.0 Å². The number of nitrogens with zero attached hydrogens (tertiary/aromatic N) is 1. The Labute approximate surface area is 146 Å². The van der Waals surface area contributed by atoms with E-state index >= 15 is 0 Å². The van der Waals surface area contributed by atoms with Gasteiger partial charge in [0, 0.05) is 6.54 Å². The number of methoxy groups -OCH3 is 2. The fourth-order valence-electron chi connectivity index (χ4n) is 2.84. The third kappa shape index (κ3) is 4.72. The lowest BCUT2D eigenvalue weighted by Crippen LogP contribution is -2.30. The molecule has 6 nitrogen and oxygen atoms in total. The quantitative estimate of drug-likeness (QED) is 0.773. The molecule has 1 aromatic rings. The Kier molecular flexibility index (Phi) is 6.41. The number of halogens is 2. The number of hydrogen-bond donors (Lipinski definition) is 1. The van der Waals surface area contributed by atoms with Gasteiger partial charge in [-0.15, -0.1) is 0 Å². The zero-order chi connectivity index (χ0) is 18.6. The lowest BCUT2D eigenvalue weighted by molar-refractivity contribution is -0.118. The Bertz CT molecular complexity index is 585. The predicted molar refractivity (Wildman–Crippen MR) is 88.3 cm³/mol. The lowest BCUT2D eigenvalue weighted by atomic mass is 10.1. The molecule has 1 saturated heterocycles. The van der Waals surface area contributed by atoms with Crippen molar-refractivity contribution in [1.29, 1.82) is 0 Å². The van der Waals surface area contributed by atoms with Crippen molar-refractivity contribution in [1.82, 2.24) is 10.2 Å². The number of rotatable bonds is 8. The first-order valence-electron chi connectivity index (χ1n) is 8.06. The van der Waals surface area contributed by atoms with Crippen LogP contribution in [0.15, 0.2) is 12.1 Å². The average Bonchev–Trinajstić information content (AvgIpc) is 2.91. The van der Waals surface area contributed by atoms with Gasteiger partial charge in [-0.25, -0.2) is 8.78 Å². The molecule has 1 atom stereocenters. The van der Waals surface area contributed by atoms with Crippen molar-refractivity contribution < 1.29 is 27.8 Å². The zero-order valence-electron chi connectivity index (χ0n) is 14.8. The second kappa shape index (κ2) is 8.33. The van der Waals surface area contributed by atoms with Crippen LogP contribution in [-0.4, -0.2) is 51.1 Å². The molecule has 0 aliphatic carbocycles. The normalized spacial score (nSPS) is 17.9. The molecule has 1 unspecified atom stereocenters. The maximum Gasteiger partial charge on any atom is 0.272 e. The molecule has 0 spiro atoms. The summed E-state index contributed by atoms with van der Waals surface area (Å²) in [6.07, 6.45) is -2.94. The van der Waals surface area contributed by atoms with Crippen molar-refractivity contribution in [2.75, 3.05) is 33.9 Å². The molecular formula is C17H24F2N2O4. The molecule has 0 bridgehead atoms. The van der Waals surface area contributed by atoms with E-state index in [0.29, 0.717) is 12.5 Å². The number of benzene rings is 1. The van der Waals surface area contributed by atoms with Crippen LogP contribution in [0.5, 0.6) is 17.2 Å². The fraction of sp³-hybridized carbons (Fsp3) is 0.588. The highest BCUT2D eigenvalue weighted by atomic mass is 19.3. The Morgan fingerprint density at radius 1 is 1.24 bits per heavy atom. The van der Waals surface area contributed by atoms with E-state index in [1.54, 1.807) is 12.1 Å². The Hall–Kier alpha value is -2.09. The van der Waals surface area contributed by atoms with E-state index in [2.05, 4.69) is 19.2 Å². The van der Waals surface area contributed by atoms with Gasteiger partial charge in [-0.05, 0) is 23.6 Å². The minimum atomic E-state index is -2.61. The molecule has 25 heavy (non-hydrogen) atoms. The SMILES string of the molecule is COc1cc(C2NC(=O)CN2CC(C)C)cc(OC)c1OCC(F)F. The van der Waals surface area contributed by atoms with Crippen LogP contribution in [0.3, 0.4) is 0 Å². The van der Waals surface area contributed by atoms with E-state index in [1.807, 2.05) is 4.90 Å².